The molecular formula is C18H22O. The summed E-state index contributed by atoms with van der Waals surface area (Å²) in [5.41, 5.74) is 4.55. The van der Waals surface area contributed by atoms with Gasteiger partial charge in [-0.2, -0.15) is 0 Å². The number of ketones is 1. The van der Waals surface area contributed by atoms with Gasteiger partial charge in [0.05, 0.1) is 0 Å². The fourth-order valence-electron chi connectivity index (χ4n) is 5.53. The van der Waals surface area contributed by atoms with Gasteiger partial charge < -0.3 is 0 Å². The first-order chi connectivity index (χ1) is 8.83. The smallest absolute Gasteiger partial charge is 0.139 e. The van der Waals surface area contributed by atoms with E-state index in [2.05, 4.69) is 45.9 Å². The molecule has 0 aromatic carbocycles. The maximum atomic E-state index is 12.6. The van der Waals surface area contributed by atoms with E-state index in [-0.39, 0.29) is 16.2 Å². The normalized spacial score (nSPS) is 45.6. The summed E-state index contributed by atoms with van der Waals surface area (Å²) in [4.78, 5) is 12.6. The molecule has 0 aromatic rings. The molecule has 0 heterocycles. The van der Waals surface area contributed by atoms with Crippen molar-refractivity contribution < 1.29 is 4.79 Å². The maximum Gasteiger partial charge on any atom is 0.139 e. The van der Waals surface area contributed by atoms with Crippen LogP contribution in [0.25, 0.3) is 0 Å². The zero-order valence-electron chi connectivity index (χ0n) is 12.3. The number of carbonyl (C=O) groups excluding carboxylic acids is 1. The van der Waals surface area contributed by atoms with Gasteiger partial charge >= 0.3 is 0 Å². The summed E-state index contributed by atoms with van der Waals surface area (Å²) in [7, 11) is 0. The van der Waals surface area contributed by atoms with Gasteiger partial charge in [-0.1, -0.05) is 39.0 Å². The second-order valence-electron chi connectivity index (χ2n) is 7.76. The van der Waals surface area contributed by atoms with Crippen LogP contribution in [0.4, 0.5) is 0 Å². The van der Waals surface area contributed by atoms with E-state index in [0.717, 1.165) is 12.8 Å². The molecule has 1 heteroatoms. The zero-order chi connectivity index (χ0) is 13.6. The molecule has 0 aromatic heterocycles. The molecule has 2 fully saturated rings. The van der Waals surface area contributed by atoms with Crippen LogP contribution in [0.1, 0.15) is 47.0 Å². The standard InChI is InChI=1S/C18H22O/c1-11-9-12-5-6-13(11)15(12)18-8-7-17(4,14(19)10-18)16(18,2)3/h5-6,9,15H,7-8,10H2,1-4H3. The fraction of sp³-hybridized carbons (Fsp3) is 0.611. The van der Waals surface area contributed by atoms with E-state index < -0.39 is 0 Å². The van der Waals surface area contributed by atoms with E-state index in [4.69, 9.17) is 0 Å². The molecule has 4 bridgehead atoms. The van der Waals surface area contributed by atoms with Crippen LogP contribution in [0, 0.1) is 22.2 Å². The van der Waals surface area contributed by atoms with Crippen molar-refractivity contribution in [2.24, 2.45) is 22.2 Å². The monoisotopic (exact) mass is 254 g/mol. The lowest BCUT2D eigenvalue weighted by Gasteiger charge is -2.44. The lowest BCUT2D eigenvalue weighted by Crippen LogP contribution is -2.40. The van der Waals surface area contributed by atoms with Crippen molar-refractivity contribution >= 4 is 5.78 Å². The minimum absolute atomic E-state index is 0.0932. The SMILES string of the molecule is CC1=C2C=CC(=C1)C2C12CCC(C)(C(=O)C1)C2(C)C. The van der Waals surface area contributed by atoms with Crippen molar-refractivity contribution in [1.82, 2.24) is 0 Å². The summed E-state index contributed by atoms with van der Waals surface area (Å²) in [6, 6.07) is 0. The minimum Gasteiger partial charge on any atom is -0.299 e. The van der Waals surface area contributed by atoms with Crippen molar-refractivity contribution in [3.63, 3.8) is 0 Å². The van der Waals surface area contributed by atoms with Gasteiger partial charge in [0.1, 0.15) is 5.78 Å². The van der Waals surface area contributed by atoms with Crippen LogP contribution in [0.2, 0.25) is 0 Å². The van der Waals surface area contributed by atoms with Crippen LogP contribution in [0.15, 0.2) is 34.9 Å². The van der Waals surface area contributed by atoms with Gasteiger partial charge in [0.25, 0.3) is 0 Å². The van der Waals surface area contributed by atoms with E-state index >= 15 is 0 Å². The molecule has 19 heavy (non-hydrogen) atoms. The third-order valence-corrected chi connectivity index (χ3v) is 7.28. The predicted octanol–water partition coefficient (Wildman–Crippen LogP) is 4.21. The van der Waals surface area contributed by atoms with Gasteiger partial charge in [0, 0.05) is 17.8 Å². The third kappa shape index (κ3) is 0.978. The Morgan fingerprint density at radius 2 is 1.89 bits per heavy atom. The molecule has 3 unspecified atom stereocenters. The van der Waals surface area contributed by atoms with Crippen LogP contribution in [0.3, 0.4) is 0 Å². The topological polar surface area (TPSA) is 17.1 Å². The Hall–Kier alpha value is -1.11. The second-order valence-corrected chi connectivity index (χ2v) is 7.76. The van der Waals surface area contributed by atoms with E-state index in [0.29, 0.717) is 11.7 Å². The Bertz CT molecular complexity index is 601. The van der Waals surface area contributed by atoms with E-state index in [1.807, 2.05) is 0 Å². The van der Waals surface area contributed by atoms with E-state index in [1.165, 1.54) is 23.1 Å². The number of allylic oxidation sites excluding steroid dienone is 6. The molecule has 1 nitrogen and oxygen atoms in total. The van der Waals surface area contributed by atoms with Gasteiger partial charge in [-0.3, -0.25) is 4.79 Å². The van der Waals surface area contributed by atoms with Crippen LogP contribution in [-0.2, 0) is 4.79 Å². The quantitative estimate of drug-likeness (QED) is 0.685. The number of Topliss-reactive ketones (excluding diaryl/α,β-unsaturated/α-hetero) is 1. The molecule has 0 radical (unpaired) electrons. The molecule has 4 aliphatic carbocycles. The van der Waals surface area contributed by atoms with Gasteiger partial charge in [0.2, 0.25) is 0 Å². The lowest BCUT2D eigenvalue weighted by molar-refractivity contribution is -0.128. The largest absolute Gasteiger partial charge is 0.299 e. The summed E-state index contributed by atoms with van der Waals surface area (Å²) >= 11 is 0. The Kier molecular flexibility index (Phi) is 1.83. The molecule has 3 atom stereocenters. The number of rotatable bonds is 1. The highest BCUT2D eigenvalue weighted by Crippen LogP contribution is 2.75. The highest BCUT2D eigenvalue weighted by molar-refractivity contribution is 5.91. The van der Waals surface area contributed by atoms with Crippen LogP contribution < -0.4 is 0 Å². The summed E-state index contributed by atoms with van der Waals surface area (Å²) in [6.07, 6.45) is 9.98. The molecular weight excluding hydrogens is 232 g/mol. The number of fused-ring (bicyclic) bond motifs is 5. The molecule has 4 rings (SSSR count). The highest BCUT2D eigenvalue weighted by Gasteiger charge is 2.72. The average molecular weight is 254 g/mol. The summed E-state index contributed by atoms with van der Waals surface area (Å²) in [5.74, 6) is 1.00. The Morgan fingerprint density at radius 3 is 2.32 bits per heavy atom. The minimum atomic E-state index is -0.0932. The van der Waals surface area contributed by atoms with Gasteiger partial charge in [-0.05, 0) is 47.3 Å². The molecule has 0 saturated heterocycles. The molecule has 0 amide bonds. The van der Waals surface area contributed by atoms with Crippen LogP contribution >= 0.6 is 0 Å². The molecule has 0 aliphatic heterocycles. The van der Waals surface area contributed by atoms with Crippen molar-refractivity contribution in [1.29, 1.82) is 0 Å². The van der Waals surface area contributed by atoms with Crippen LogP contribution in [-0.4, -0.2) is 5.78 Å². The van der Waals surface area contributed by atoms with E-state index in [9.17, 15) is 4.79 Å². The van der Waals surface area contributed by atoms with Crippen molar-refractivity contribution in [3.8, 4) is 0 Å². The molecule has 2 saturated carbocycles. The fourth-order valence-corrected chi connectivity index (χ4v) is 5.53. The third-order valence-electron chi connectivity index (χ3n) is 7.28. The Morgan fingerprint density at radius 1 is 1.16 bits per heavy atom. The molecule has 0 spiro atoms. The van der Waals surface area contributed by atoms with Crippen LogP contribution in [0.5, 0.6) is 0 Å². The number of hydrogen-bond acceptors (Lipinski definition) is 1. The first kappa shape index (κ1) is 11.7. The van der Waals surface area contributed by atoms with Crippen molar-refractivity contribution in [2.75, 3.05) is 0 Å². The Labute approximate surface area is 115 Å². The lowest BCUT2D eigenvalue weighted by atomic mass is 9.58. The summed E-state index contributed by atoms with van der Waals surface area (Å²) < 4.78 is 0. The highest BCUT2D eigenvalue weighted by atomic mass is 16.1. The summed E-state index contributed by atoms with van der Waals surface area (Å²) in [6.45, 7) is 9.12. The molecule has 100 valence electrons. The van der Waals surface area contributed by atoms with Crippen molar-refractivity contribution in [2.45, 2.75) is 47.0 Å². The molecule has 0 N–H and O–H groups in total. The van der Waals surface area contributed by atoms with Gasteiger partial charge in [0.15, 0.2) is 0 Å². The average Bonchev–Trinajstić information content (AvgIpc) is 2.97. The first-order valence-corrected chi connectivity index (χ1v) is 7.47. The maximum absolute atomic E-state index is 12.6. The van der Waals surface area contributed by atoms with E-state index in [1.54, 1.807) is 0 Å². The number of hydrogen-bond donors (Lipinski definition) is 0. The van der Waals surface area contributed by atoms with Crippen molar-refractivity contribution in [3.05, 3.63) is 34.9 Å². The predicted molar refractivity (Wildman–Crippen MR) is 76.6 cm³/mol. The zero-order valence-corrected chi connectivity index (χ0v) is 12.3. The second kappa shape index (κ2) is 2.97. The summed E-state index contributed by atoms with van der Waals surface area (Å²) in [5, 5.41) is 0. The van der Waals surface area contributed by atoms with Gasteiger partial charge in [-0.15, -0.1) is 0 Å². The van der Waals surface area contributed by atoms with Gasteiger partial charge in [-0.25, -0.2) is 0 Å². The number of carbonyl (C=O) groups is 1. The molecule has 4 aliphatic rings. The first-order valence-electron chi connectivity index (χ1n) is 7.47. The Balaban J connectivity index is 1.90.